The summed E-state index contributed by atoms with van der Waals surface area (Å²) in [5.41, 5.74) is 0.993. The van der Waals surface area contributed by atoms with Gasteiger partial charge < -0.3 is 4.79 Å². The summed E-state index contributed by atoms with van der Waals surface area (Å²) in [5, 5.41) is 0. The summed E-state index contributed by atoms with van der Waals surface area (Å²) in [7, 11) is -3.71. The third-order valence-corrected chi connectivity index (χ3v) is 4.53. The number of carbonyl (C=O) groups is 1. The molecular weight excluding hydrogens is 264 g/mol. The van der Waals surface area contributed by atoms with Crippen LogP contribution in [0.4, 0.5) is 0 Å². The maximum atomic E-state index is 11.9. The zero-order valence-corrected chi connectivity index (χ0v) is 12.3. The van der Waals surface area contributed by atoms with Crippen molar-refractivity contribution in [2.75, 3.05) is 6.61 Å². The Hall–Kier alpha value is -1.20. The monoisotopic (exact) mass is 284 g/mol. The summed E-state index contributed by atoms with van der Waals surface area (Å²) < 4.78 is 28.9. The molecular formula is C14H20O4S. The fourth-order valence-electron chi connectivity index (χ4n) is 1.52. The van der Waals surface area contributed by atoms with E-state index >= 15 is 0 Å². The van der Waals surface area contributed by atoms with Crippen molar-refractivity contribution in [2.45, 2.75) is 32.1 Å². The number of aryl methyl sites for hydroxylation is 1. The minimum absolute atomic E-state index is 0.00502. The van der Waals surface area contributed by atoms with Gasteiger partial charge in [-0.15, -0.1) is 0 Å². The van der Waals surface area contributed by atoms with Crippen LogP contribution in [0.3, 0.4) is 0 Å². The minimum atomic E-state index is -3.71. The third kappa shape index (κ3) is 4.76. The van der Waals surface area contributed by atoms with E-state index in [1.165, 1.54) is 12.1 Å². The second kappa shape index (κ2) is 6.82. The van der Waals surface area contributed by atoms with Crippen LogP contribution in [-0.2, 0) is 19.1 Å². The largest absolute Gasteiger partial charge is 0.303 e. The fraction of sp³-hybridized carbons (Fsp3) is 0.500. The molecule has 2 atom stereocenters. The van der Waals surface area contributed by atoms with Crippen molar-refractivity contribution < 1.29 is 17.4 Å². The number of benzene rings is 1. The lowest BCUT2D eigenvalue weighted by Crippen LogP contribution is -2.18. The highest BCUT2D eigenvalue weighted by molar-refractivity contribution is 7.86. The van der Waals surface area contributed by atoms with Crippen molar-refractivity contribution >= 4 is 16.4 Å². The van der Waals surface area contributed by atoms with Crippen LogP contribution in [0.25, 0.3) is 0 Å². The summed E-state index contributed by atoms with van der Waals surface area (Å²) in [6, 6.07) is 6.53. The van der Waals surface area contributed by atoms with Crippen LogP contribution in [0, 0.1) is 18.8 Å². The standard InChI is InChI=1S/C14H20O4S/c1-11-4-6-14(7-5-11)19(16,17)18-10-13(3)12(2)8-9-15/h4-7,9,12-13H,8,10H2,1-3H3/t12-,13?/m1/s1. The first-order valence-corrected chi connectivity index (χ1v) is 7.67. The number of aldehydes is 1. The molecule has 5 heteroatoms. The summed E-state index contributed by atoms with van der Waals surface area (Å²) in [6.07, 6.45) is 1.25. The molecule has 4 nitrogen and oxygen atoms in total. The lowest BCUT2D eigenvalue weighted by atomic mass is 9.94. The highest BCUT2D eigenvalue weighted by atomic mass is 32.2. The molecule has 0 amide bonds. The average Bonchev–Trinajstić information content (AvgIpc) is 2.37. The molecule has 0 bridgehead atoms. The molecule has 1 unspecified atom stereocenters. The van der Waals surface area contributed by atoms with Gasteiger partial charge in [0.15, 0.2) is 0 Å². The van der Waals surface area contributed by atoms with Crippen LogP contribution >= 0.6 is 0 Å². The molecule has 106 valence electrons. The number of hydrogen-bond donors (Lipinski definition) is 0. The molecule has 0 heterocycles. The fourth-order valence-corrected chi connectivity index (χ4v) is 2.52. The Morgan fingerprint density at radius 2 is 1.74 bits per heavy atom. The maximum Gasteiger partial charge on any atom is 0.296 e. The van der Waals surface area contributed by atoms with E-state index in [0.29, 0.717) is 6.42 Å². The Morgan fingerprint density at radius 3 is 2.26 bits per heavy atom. The van der Waals surface area contributed by atoms with Crippen molar-refractivity contribution in [3.63, 3.8) is 0 Å². The minimum Gasteiger partial charge on any atom is -0.303 e. The second-order valence-electron chi connectivity index (χ2n) is 4.91. The summed E-state index contributed by atoms with van der Waals surface area (Å²) in [5.74, 6) is 0.108. The lowest BCUT2D eigenvalue weighted by Gasteiger charge is -2.17. The first-order chi connectivity index (χ1) is 8.86. The normalized spacial score (nSPS) is 14.9. The van der Waals surface area contributed by atoms with E-state index in [-0.39, 0.29) is 23.3 Å². The molecule has 0 aliphatic heterocycles. The van der Waals surface area contributed by atoms with Crippen molar-refractivity contribution in [1.82, 2.24) is 0 Å². The van der Waals surface area contributed by atoms with Crippen molar-refractivity contribution in [3.05, 3.63) is 29.8 Å². The Balaban J connectivity index is 2.65. The van der Waals surface area contributed by atoms with Crippen molar-refractivity contribution in [2.24, 2.45) is 11.8 Å². The summed E-state index contributed by atoms with van der Waals surface area (Å²) in [6.45, 7) is 5.76. The van der Waals surface area contributed by atoms with Gasteiger partial charge in [-0.1, -0.05) is 31.5 Å². The van der Waals surface area contributed by atoms with Gasteiger partial charge in [-0.2, -0.15) is 8.42 Å². The smallest absolute Gasteiger partial charge is 0.296 e. The third-order valence-electron chi connectivity index (χ3n) is 3.24. The zero-order chi connectivity index (χ0) is 14.5. The Labute approximate surface area is 114 Å². The van der Waals surface area contributed by atoms with Crippen LogP contribution in [0.15, 0.2) is 29.2 Å². The summed E-state index contributed by atoms with van der Waals surface area (Å²) in [4.78, 5) is 10.6. The van der Waals surface area contributed by atoms with E-state index in [2.05, 4.69) is 0 Å². The van der Waals surface area contributed by atoms with E-state index < -0.39 is 10.1 Å². The van der Waals surface area contributed by atoms with Crippen LogP contribution in [0.5, 0.6) is 0 Å². The number of rotatable bonds is 7. The summed E-state index contributed by atoms with van der Waals surface area (Å²) >= 11 is 0. The quantitative estimate of drug-likeness (QED) is 0.570. The van der Waals surface area contributed by atoms with E-state index in [9.17, 15) is 13.2 Å². The molecule has 0 saturated heterocycles. The molecule has 19 heavy (non-hydrogen) atoms. The molecule has 0 saturated carbocycles. The molecule has 1 aromatic rings. The molecule has 1 aromatic carbocycles. The van der Waals surface area contributed by atoms with Crippen LogP contribution in [0.2, 0.25) is 0 Å². The van der Waals surface area contributed by atoms with E-state index in [1.54, 1.807) is 12.1 Å². The molecule has 0 aliphatic rings. The predicted octanol–water partition coefficient (Wildman–Crippen LogP) is 2.56. The molecule has 0 spiro atoms. The van der Waals surface area contributed by atoms with Gasteiger partial charge in [-0.3, -0.25) is 4.18 Å². The number of hydrogen-bond acceptors (Lipinski definition) is 4. The Morgan fingerprint density at radius 1 is 1.16 bits per heavy atom. The van der Waals surface area contributed by atoms with Crippen LogP contribution in [0.1, 0.15) is 25.8 Å². The predicted molar refractivity (Wildman–Crippen MR) is 73.3 cm³/mol. The number of carbonyl (C=O) groups excluding carboxylic acids is 1. The van der Waals surface area contributed by atoms with Gasteiger partial charge in [0.05, 0.1) is 11.5 Å². The highest BCUT2D eigenvalue weighted by Gasteiger charge is 2.19. The average molecular weight is 284 g/mol. The van der Waals surface area contributed by atoms with Gasteiger partial charge in [-0.25, -0.2) is 0 Å². The van der Waals surface area contributed by atoms with Crippen molar-refractivity contribution in [3.8, 4) is 0 Å². The SMILES string of the molecule is Cc1ccc(S(=O)(=O)OCC(C)[C@H](C)CC=O)cc1. The van der Waals surface area contributed by atoms with Gasteiger partial charge in [0.25, 0.3) is 10.1 Å². The molecule has 1 rings (SSSR count). The van der Waals surface area contributed by atoms with Crippen molar-refractivity contribution in [1.29, 1.82) is 0 Å². The maximum absolute atomic E-state index is 11.9. The first-order valence-electron chi connectivity index (χ1n) is 6.26. The lowest BCUT2D eigenvalue weighted by molar-refractivity contribution is -0.108. The van der Waals surface area contributed by atoms with Gasteiger partial charge in [-0.05, 0) is 30.9 Å². The van der Waals surface area contributed by atoms with E-state index in [0.717, 1.165) is 11.8 Å². The molecule has 0 aromatic heterocycles. The highest BCUT2D eigenvalue weighted by Crippen LogP contribution is 2.18. The van der Waals surface area contributed by atoms with Gasteiger partial charge in [0, 0.05) is 6.42 Å². The first kappa shape index (κ1) is 15.9. The topological polar surface area (TPSA) is 60.4 Å². The second-order valence-corrected chi connectivity index (χ2v) is 6.52. The Kier molecular flexibility index (Phi) is 5.69. The molecule has 0 radical (unpaired) electrons. The van der Waals surface area contributed by atoms with Crippen LogP contribution in [-0.4, -0.2) is 21.3 Å². The Bertz CT molecular complexity index is 505. The molecule has 0 N–H and O–H groups in total. The molecule has 0 fully saturated rings. The zero-order valence-electron chi connectivity index (χ0n) is 11.5. The van der Waals surface area contributed by atoms with Gasteiger partial charge in [0.2, 0.25) is 0 Å². The van der Waals surface area contributed by atoms with Crippen LogP contribution < -0.4 is 0 Å². The van der Waals surface area contributed by atoms with Gasteiger partial charge >= 0.3 is 0 Å². The van der Waals surface area contributed by atoms with E-state index in [4.69, 9.17) is 4.18 Å². The van der Waals surface area contributed by atoms with Gasteiger partial charge in [0.1, 0.15) is 6.29 Å². The van der Waals surface area contributed by atoms with E-state index in [1.807, 2.05) is 20.8 Å². The molecule has 0 aliphatic carbocycles.